The fourth-order valence-corrected chi connectivity index (χ4v) is 2.28. The van der Waals surface area contributed by atoms with Gasteiger partial charge in [-0.25, -0.2) is 0 Å². The van der Waals surface area contributed by atoms with Gasteiger partial charge in [-0.05, 0) is 24.3 Å². The summed E-state index contributed by atoms with van der Waals surface area (Å²) in [5.41, 5.74) is 1.21. The number of carbonyl (C=O) groups excluding carboxylic acids is 1. The average molecular weight is 247 g/mol. The maximum Gasteiger partial charge on any atom is 0.220 e. The van der Waals surface area contributed by atoms with Gasteiger partial charge in [0.25, 0.3) is 0 Å². The number of rotatable bonds is 5. The molecule has 0 spiro atoms. The van der Waals surface area contributed by atoms with Gasteiger partial charge in [-0.3, -0.25) is 4.79 Å². The summed E-state index contributed by atoms with van der Waals surface area (Å²) in [6.07, 6.45) is 2.94. The standard InChI is InChI=1S/C15H21NO2/c1-12(13-6-3-2-4-7-13)10-15(17)16-11-14-8-5-9-18-14/h2-4,6-7,12,14H,5,8-11H2,1H3,(H,16,17)/t12-,14-/m0/s1. The van der Waals surface area contributed by atoms with Crippen molar-refractivity contribution in [3.63, 3.8) is 0 Å². The van der Waals surface area contributed by atoms with E-state index < -0.39 is 0 Å². The van der Waals surface area contributed by atoms with E-state index in [4.69, 9.17) is 4.74 Å². The highest BCUT2D eigenvalue weighted by atomic mass is 16.5. The largest absolute Gasteiger partial charge is 0.376 e. The van der Waals surface area contributed by atoms with Crippen molar-refractivity contribution >= 4 is 5.91 Å². The van der Waals surface area contributed by atoms with Crippen LogP contribution in [0.4, 0.5) is 0 Å². The number of ether oxygens (including phenoxy) is 1. The molecule has 3 heteroatoms. The summed E-state index contributed by atoms with van der Waals surface area (Å²) in [5.74, 6) is 0.373. The van der Waals surface area contributed by atoms with E-state index in [2.05, 4.69) is 24.4 Å². The van der Waals surface area contributed by atoms with Gasteiger partial charge in [0, 0.05) is 19.6 Å². The summed E-state index contributed by atoms with van der Waals surface area (Å²) in [4.78, 5) is 11.8. The minimum atomic E-state index is 0.113. The Morgan fingerprint density at radius 1 is 1.44 bits per heavy atom. The maximum atomic E-state index is 11.8. The number of benzene rings is 1. The van der Waals surface area contributed by atoms with Gasteiger partial charge in [0.05, 0.1) is 6.10 Å². The van der Waals surface area contributed by atoms with Crippen LogP contribution in [0.25, 0.3) is 0 Å². The van der Waals surface area contributed by atoms with Crippen molar-refractivity contribution in [1.29, 1.82) is 0 Å². The Kier molecular flexibility index (Phi) is 4.76. The normalized spacial score (nSPS) is 20.6. The van der Waals surface area contributed by atoms with Crippen LogP contribution >= 0.6 is 0 Å². The third-order valence-electron chi connectivity index (χ3n) is 3.41. The van der Waals surface area contributed by atoms with E-state index in [1.54, 1.807) is 0 Å². The Morgan fingerprint density at radius 2 is 2.22 bits per heavy atom. The van der Waals surface area contributed by atoms with Gasteiger partial charge in [0.2, 0.25) is 5.91 Å². The monoisotopic (exact) mass is 247 g/mol. The lowest BCUT2D eigenvalue weighted by atomic mass is 9.97. The van der Waals surface area contributed by atoms with Crippen molar-refractivity contribution in [3.8, 4) is 0 Å². The number of hydrogen-bond acceptors (Lipinski definition) is 2. The SMILES string of the molecule is C[C@@H](CC(=O)NC[C@@H]1CCCO1)c1ccccc1. The predicted molar refractivity (Wildman–Crippen MR) is 71.5 cm³/mol. The molecule has 0 aromatic heterocycles. The second-order valence-corrected chi connectivity index (χ2v) is 4.95. The molecule has 98 valence electrons. The minimum Gasteiger partial charge on any atom is -0.376 e. The Hall–Kier alpha value is -1.35. The van der Waals surface area contributed by atoms with Gasteiger partial charge in [-0.2, -0.15) is 0 Å². The summed E-state index contributed by atoms with van der Waals surface area (Å²) >= 11 is 0. The molecule has 1 aliphatic rings. The molecule has 1 heterocycles. The van der Waals surface area contributed by atoms with Gasteiger partial charge < -0.3 is 10.1 Å². The van der Waals surface area contributed by atoms with Crippen LogP contribution in [-0.4, -0.2) is 25.2 Å². The Morgan fingerprint density at radius 3 is 2.89 bits per heavy atom. The molecule has 0 unspecified atom stereocenters. The molecule has 2 rings (SSSR count). The summed E-state index contributed by atoms with van der Waals surface area (Å²) in [5, 5.41) is 2.96. The van der Waals surface area contributed by atoms with Crippen LogP contribution in [0.5, 0.6) is 0 Å². The lowest BCUT2D eigenvalue weighted by molar-refractivity contribution is -0.121. The van der Waals surface area contributed by atoms with Crippen molar-refractivity contribution in [3.05, 3.63) is 35.9 Å². The lowest BCUT2D eigenvalue weighted by Crippen LogP contribution is -2.32. The third-order valence-corrected chi connectivity index (χ3v) is 3.41. The first-order chi connectivity index (χ1) is 8.75. The van der Waals surface area contributed by atoms with Crippen molar-refractivity contribution < 1.29 is 9.53 Å². The topological polar surface area (TPSA) is 38.3 Å². The molecule has 1 aromatic rings. The number of carbonyl (C=O) groups is 1. The van der Waals surface area contributed by atoms with Gasteiger partial charge in [-0.15, -0.1) is 0 Å². The molecule has 1 fully saturated rings. The molecule has 0 bridgehead atoms. The molecule has 1 aliphatic heterocycles. The second kappa shape index (κ2) is 6.55. The van der Waals surface area contributed by atoms with Crippen molar-refractivity contribution in [2.45, 2.75) is 38.2 Å². The van der Waals surface area contributed by atoms with E-state index in [0.29, 0.717) is 13.0 Å². The van der Waals surface area contributed by atoms with Crippen molar-refractivity contribution in [2.24, 2.45) is 0 Å². The molecule has 3 nitrogen and oxygen atoms in total. The molecular weight excluding hydrogens is 226 g/mol. The first-order valence-electron chi connectivity index (χ1n) is 6.69. The highest BCUT2D eigenvalue weighted by molar-refractivity contribution is 5.76. The Labute approximate surface area is 109 Å². The molecule has 1 N–H and O–H groups in total. The highest BCUT2D eigenvalue weighted by Crippen LogP contribution is 2.18. The average Bonchev–Trinajstić information content (AvgIpc) is 2.90. The third kappa shape index (κ3) is 3.84. The van der Waals surface area contributed by atoms with E-state index in [-0.39, 0.29) is 17.9 Å². The molecule has 18 heavy (non-hydrogen) atoms. The zero-order valence-electron chi connectivity index (χ0n) is 10.9. The maximum absolute atomic E-state index is 11.8. The predicted octanol–water partition coefficient (Wildman–Crippen LogP) is 2.48. The Bertz CT molecular complexity index is 371. The summed E-state index contributed by atoms with van der Waals surface area (Å²) in [6.45, 7) is 3.57. The molecule has 0 aliphatic carbocycles. The first-order valence-corrected chi connectivity index (χ1v) is 6.69. The van der Waals surface area contributed by atoms with Gasteiger partial charge in [0.1, 0.15) is 0 Å². The van der Waals surface area contributed by atoms with Crippen molar-refractivity contribution in [1.82, 2.24) is 5.32 Å². The van der Waals surface area contributed by atoms with Crippen LogP contribution in [-0.2, 0) is 9.53 Å². The fraction of sp³-hybridized carbons (Fsp3) is 0.533. The first kappa shape index (κ1) is 13.1. The molecule has 1 saturated heterocycles. The number of nitrogens with one attached hydrogen (secondary N) is 1. The molecule has 0 saturated carbocycles. The quantitative estimate of drug-likeness (QED) is 0.868. The number of amides is 1. The van der Waals surface area contributed by atoms with Crippen LogP contribution < -0.4 is 5.32 Å². The zero-order valence-corrected chi connectivity index (χ0v) is 10.9. The smallest absolute Gasteiger partial charge is 0.220 e. The van der Waals surface area contributed by atoms with E-state index in [1.807, 2.05) is 18.2 Å². The highest BCUT2D eigenvalue weighted by Gasteiger charge is 2.17. The summed E-state index contributed by atoms with van der Waals surface area (Å²) < 4.78 is 5.48. The van der Waals surface area contributed by atoms with Gasteiger partial charge in [-0.1, -0.05) is 37.3 Å². The zero-order chi connectivity index (χ0) is 12.8. The van der Waals surface area contributed by atoms with E-state index in [1.165, 1.54) is 5.56 Å². The molecule has 0 radical (unpaired) electrons. The summed E-state index contributed by atoms with van der Waals surface area (Å²) in [6, 6.07) is 10.1. The van der Waals surface area contributed by atoms with Crippen LogP contribution in [0.15, 0.2) is 30.3 Å². The molecule has 1 aromatic carbocycles. The van der Waals surface area contributed by atoms with Crippen LogP contribution in [0.1, 0.15) is 37.7 Å². The Balaban J connectivity index is 1.73. The summed E-state index contributed by atoms with van der Waals surface area (Å²) in [7, 11) is 0. The molecule has 1 amide bonds. The number of hydrogen-bond donors (Lipinski definition) is 1. The minimum absolute atomic E-state index is 0.113. The molecular formula is C15H21NO2. The fourth-order valence-electron chi connectivity index (χ4n) is 2.28. The lowest BCUT2D eigenvalue weighted by Gasteiger charge is -2.14. The van der Waals surface area contributed by atoms with Crippen LogP contribution in [0, 0.1) is 0 Å². The van der Waals surface area contributed by atoms with Crippen LogP contribution in [0.2, 0.25) is 0 Å². The molecule has 2 atom stereocenters. The van der Waals surface area contributed by atoms with Crippen molar-refractivity contribution in [2.75, 3.05) is 13.2 Å². The van der Waals surface area contributed by atoms with Gasteiger partial charge in [0.15, 0.2) is 0 Å². The van der Waals surface area contributed by atoms with E-state index in [0.717, 1.165) is 19.4 Å². The van der Waals surface area contributed by atoms with Gasteiger partial charge >= 0.3 is 0 Å². The van der Waals surface area contributed by atoms with Crippen LogP contribution in [0.3, 0.4) is 0 Å². The van der Waals surface area contributed by atoms with E-state index in [9.17, 15) is 4.79 Å². The second-order valence-electron chi connectivity index (χ2n) is 4.95. The van der Waals surface area contributed by atoms with E-state index >= 15 is 0 Å².